The molecule has 5 heteroatoms. The van der Waals surface area contributed by atoms with E-state index < -0.39 is 11.9 Å². The van der Waals surface area contributed by atoms with E-state index >= 15 is 0 Å². The number of benzene rings is 1. The van der Waals surface area contributed by atoms with Crippen LogP contribution < -0.4 is 10.1 Å². The summed E-state index contributed by atoms with van der Waals surface area (Å²) in [5.41, 5.74) is 0.0707. The van der Waals surface area contributed by atoms with Crippen LogP contribution in [0.1, 0.15) is 0 Å². The summed E-state index contributed by atoms with van der Waals surface area (Å²) in [5.74, 6) is -0.225. The number of nitrogens with one attached hydrogen (secondary N) is 1. The topological polar surface area (TPSA) is 51.2 Å². The molecule has 86 valence electrons. The molecule has 2 rings (SSSR count). The summed E-state index contributed by atoms with van der Waals surface area (Å²) in [6.45, 7) is 0. The number of carbonyl (C=O) groups is 1. The van der Waals surface area contributed by atoms with Crippen molar-refractivity contribution in [3.05, 3.63) is 54.6 Å². The molecule has 0 bridgehead atoms. The number of amides is 1. The summed E-state index contributed by atoms with van der Waals surface area (Å²) in [6.07, 6.45) is 2.19. The standard InChI is InChI=1S/C12H9FN2O2/c13-10-5-1-2-6-11(10)15-12(16)17-9-4-3-7-14-8-9/h1-8H,(H,15,16). The first kappa shape index (κ1) is 11.1. The van der Waals surface area contributed by atoms with Gasteiger partial charge >= 0.3 is 6.09 Å². The molecule has 2 aromatic rings. The van der Waals surface area contributed by atoms with Gasteiger partial charge in [0.1, 0.15) is 5.82 Å². The average Bonchev–Trinajstić information content (AvgIpc) is 2.33. The number of aromatic nitrogens is 1. The molecule has 1 aromatic heterocycles. The SMILES string of the molecule is O=C(Nc1ccccc1F)Oc1cccnc1. The number of halogens is 1. The van der Waals surface area contributed by atoms with Crippen molar-refractivity contribution in [3.8, 4) is 5.75 Å². The highest BCUT2D eigenvalue weighted by molar-refractivity contribution is 5.86. The third-order valence-electron chi connectivity index (χ3n) is 1.96. The lowest BCUT2D eigenvalue weighted by molar-refractivity contribution is 0.215. The maximum absolute atomic E-state index is 13.2. The highest BCUT2D eigenvalue weighted by atomic mass is 19.1. The van der Waals surface area contributed by atoms with Gasteiger partial charge in [-0.1, -0.05) is 12.1 Å². The number of nitrogens with zero attached hydrogens (tertiary/aromatic N) is 1. The molecule has 0 spiro atoms. The van der Waals surface area contributed by atoms with Gasteiger partial charge in [-0.3, -0.25) is 10.3 Å². The molecule has 4 nitrogen and oxygen atoms in total. The number of rotatable bonds is 2. The van der Waals surface area contributed by atoms with Gasteiger partial charge in [-0.05, 0) is 24.3 Å². The second-order valence-electron chi connectivity index (χ2n) is 3.18. The molecule has 0 saturated heterocycles. The third-order valence-corrected chi connectivity index (χ3v) is 1.96. The third kappa shape index (κ3) is 3.01. The molecule has 0 saturated carbocycles. The summed E-state index contributed by atoms with van der Waals surface area (Å²) >= 11 is 0. The Morgan fingerprint density at radius 3 is 2.76 bits per heavy atom. The molecule has 1 amide bonds. The highest BCUT2D eigenvalue weighted by Gasteiger charge is 2.07. The van der Waals surface area contributed by atoms with Gasteiger partial charge in [0.05, 0.1) is 11.9 Å². The Morgan fingerprint density at radius 1 is 1.24 bits per heavy atom. The number of para-hydroxylation sites is 1. The molecular weight excluding hydrogens is 223 g/mol. The van der Waals surface area contributed by atoms with Gasteiger partial charge in [0.2, 0.25) is 0 Å². The number of hydrogen-bond donors (Lipinski definition) is 1. The maximum atomic E-state index is 13.2. The van der Waals surface area contributed by atoms with E-state index in [2.05, 4.69) is 10.3 Å². The molecule has 1 N–H and O–H groups in total. The van der Waals surface area contributed by atoms with Crippen LogP contribution in [0.25, 0.3) is 0 Å². The van der Waals surface area contributed by atoms with Crippen molar-refractivity contribution in [1.29, 1.82) is 0 Å². The van der Waals surface area contributed by atoms with Gasteiger partial charge < -0.3 is 4.74 Å². The fraction of sp³-hybridized carbons (Fsp3) is 0. The highest BCUT2D eigenvalue weighted by Crippen LogP contribution is 2.13. The zero-order valence-electron chi connectivity index (χ0n) is 8.76. The molecule has 0 atom stereocenters. The first-order valence-corrected chi connectivity index (χ1v) is 4.89. The fourth-order valence-corrected chi connectivity index (χ4v) is 1.21. The predicted octanol–water partition coefficient (Wildman–Crippen LogP) is 2.83. The van der Waals surface area contributed by atoms with Crippen LogP contribution in [0.3, 0.4) is 0 Å². The average molecular weight is 232 g/mol. The van der Waals surface area contributed by atoms with Crippen LogP contribution in [0.4, 0.5) is 14.9 Å². The number of carbonyl (C=O) groups excluding carboxylic acids is 1. The summed E-state index contributed by atoms with van der Waals surface area (Å²) in [6, 6.07) is 9.05. The predicted molar refractivity (Wildman–Crippen MR) is 60.3 cm³/mol. The first-order valence-electron chi connectivity index (χ1n) is 4.89. The Kier molecular flexibility index (Phi) is 3.30. The van der Waals surface area contributed by atoms with E-state index in [1.807, 2.05) is 0 Å². The fourth-order valence-electron chi connectivity index (χ4n) is 1.21. The number of hydrogen-bond acceptors (Lipinski definition) is 3. The first-order chi connectivity index (χ1) is 8.25. The minimum Gasteiger partial charge on any atom is -0.408 e. The molecule has 0 aliphatic heterocycles. The van der Waals surface area contributed by atoms with Gasteiger partial charge in [0.25, 0.3) is 0 Å². The number of pyridine rings is 1. The molecule has 17 heavy (non-hydrogen) atoms. The van der Waals surface area contributed by atoms with Crippen molar-refractivity contribution < 1.29 is 13.9 Å². The van der Waals surface area contributed by atoms with E-state index in [0.29, 0.717) is 5.75 Å². The Balaban J connectivity index is 2.01. The Morgan fingerprint density at radius 2 is 2.06 bits per heavy atom. The smallest absolute Gasteiger partial charge is 0.408 e. The van der Waals surface area contributed by atoms with Crippen molar-refractivity contribution >= 4 is 11.8 Å². The van der Waals surface area contributed by atoms with Crippen LogP contribution in [-0.2, 0) is 0 Å². The number of ether oxygens (including phenoxy) is 1. The Bertz CT molecular complexity index is 517. The summed E-state index contributed by atoms with van der Waals surface area (Å²) in [7, 11) is 0. The summed E-state index contributed by atoms with van der Waals surface area (Å²) < 4.78 is 18.1. The molecule has 1 heterocycles. The van der Waals surface area contributed by atoms with E-state index in [4.69, 9.17) is 4.74 Å². The van der Waals surface area contributed by atoms with Crippen molar-refractivity contribution in [1.82, 2.24) is 4.98 Å². The van der Waals surface area contributed by atoms with Crippen LogP contribution in [-0.4, -0.2) is 11.1 Å². The van der Waals surface area contributed by atoms with Crippen LogP contribution in [0.2, 0.25) is 0 Å². The van der Waals surface area contributed by atoms with E-state index in [-0.39, 0.29) is 5.69 Å². The second-order valence-corrected chi connectivity index (χ2v) is 3.18. The largest absolute Gasteiger partial charge is 0.417 e. The van der Waals surface area contributed by atoms with Gasteiger partial charge in [0.15, 0.2) is 5.75 Å². The van der Waals surface area contributed by atoms with E-state index in [1.165, 1.54) is 24.4 Å². The van der Waals surface area contributed by atoms with Crippen LogP contribution in [0, 0.1) is 5.82 Å². The second kappa shape index (κ2) is 5.07. The molecule has 0 unspecified atom stereocenters. The van der Waals surface area contributed by atoms with E-state index in [0.717, 1.165) is 0 Å². The normalized spacial score (nSPS) is 9.71. The van der Waals surface area contributed by atoms with Crippen molar-refractivity contribution in [2.75, 3.05) is 5.32 Å². The van der Waals surface area contributed by atoms with Crippen LogP contribution >= 0.6 is 0 Å². The molecular formula is C12H9FN2O2. The van der Waals surface area contributed by atoms with E-state index in [9.17, 15) is 9.18 Å². The zero-order valence-corrected chi connectivity index (χ0v) is 8.76. The zero-order chi connectivity index (χ0) is 12.1. The van der Waals surface area contributed by atoms with Gasteiger partial charge in [0, 0.05) is 6.20 Å². The summed E-state index contributed by atoms with van der Waals surface area (Å²) in [5, 5.41) is 2.29. The molecule has 0 aliphatic carbocycles. The lowest BCUT2D eigenvalue weighted by atomic mass is 10.3. The quantitative estimate of drug-likeness (QED) is 0.866. The van der Waals surface area contributed by atoms with Crippen molar-refractivity contribution in [2.45, 2.75) is 0 Å². The molecule has 0 fully saturated rings. The molecule has 0 aliphatic rings. The monoisotopic (exact) mass is 232 g/mol. The molecule has 0 radical (unpaired) electrons. The minimum atomic E-state index is -0.761. The Labute approximate surface area is 97.1 Å². The minimum absolute atomic E-state index is 0.0707. The van der Waals surface area contributed by atoms with Gasteiger partial charge in [-0.25, -0.2) is 9.18 Å². The number of anilines is 1. The van der Waals surface area contributed by atoms with Gasteiger partial charge in [-0.15, -0.1) is 0 Å². The summed E-state index contributed by atoms with van der Waals surface area (Å²) in [4.78, 5) is 15.2. The Hall–Kier alpha value is -2.43. The lowest BCUT2D eigenvalue weighted by Gasteiger charge is -2.06. The van der Waals surface area contributed by atoms with Crippen molar-refractivity contribution in [3.63, 3.8) is 0 Å². The molecule has 1 aromatic carbocycles. The van der Waals surface area contributed by atoms with Crippen LogP contribution in [0.15, 0.2) is 48.8 Å². The van der Waals surface area contributed by atoms with Crippen molar-refractivity contribution in [2.24, 2.45) is 0 Å². The lowest BCUT2D eigenvalue weighted by Crippen LogP contribution is -2.17. The maximum Gasteiger partial charge on any atom is 0.417 e. The van der Waals surface area contributed by atoms with Gasteiger partial charge in [-0.2, -0.15) is 0 Å². The van der Waals surface area contributed by atoms with Crippen LogP contribution in [0.5, 0.6) is 5.75 Å². The van der Waals surface area contributed by atoms with E-state index in [1.54, 1.807) is 24.4 Å².